The van der Waals surface area contributed by atoms with E-state index in [-0.39, 0.29) is 0 Å². The van der Waals surface area contributed by atoms with Crippen molar-refractivity contribution in [3.8, 4) is 11.5 Å². The highest BCUT2D eigenvalue weighted by molar-refractivity contribution is 7.19. The van der Waals surface area contributed by atoms with E-state index in [0.717, 1.165) is 30.6 Å². The third-order valence-electron chi connectivity index (χ3n) is 4.68. The van der Waals surface area contributed by atoms with Crippen LogP contribution in [0.5, 0.6) is 11.5 Å². The molecule has 3 aromatic rings. The van der Waals surface area contributed by atoms with Crippen molar-refractivity contribution in [1.29, 1.82) is 0 Å². The number of phenolic OH excluding ortho intramolecular Hbond substituents is 1. The molecule has 0 fully saturated rings. The molecule has 0 aliphatic carbocycles. The van der Waals surface area contributed by atoms with Crippen LogP contribution in [0.4, 0.5) is 0 Å². The van der Waals surface area contributed by atoms with E-state index in [0.29, 0.717) is 11.7 Å². The predicted molar refractivity (Wildman–Crippen MR) is 103 cm³/mol. The lowest BCUT2D eigenvalue weighted by Gasteiger charge is -2.13. The molecule has 1 unspecified atom stereocenters. The summed E-state index contributed by atoms with van der Waals surface area (Å²) < 4.78 is 6.63. The molecule has 1 N–H and O–H groups in total. The van der Waals surface area contributed by atoms with E-state index < -0.39 is 0 Å². The summed E-state index contributed by atoms with van der Waals surface area (Å²) in [5, 5.41) is 11.0. The number of aromatic hydroxyl groups is 1. The Morgan fingerprint density at radius 2 is 1.96 bits per heavy atom. The molecular formula is C21H24O2S. The largest absolute Gasteiger partial charge is 0.508 e. The number of hydrogen-bond donors (Lipinski definition) is 1. The smallest absolute Gasteiger partial charge is 0.120 e. The second kappa shape index (κ2) is 7.27. The van der Waals surface area contributed by atoms with E-state index in [1.165, 1.54) is 20.5 Å². The molecule has 24 heavy (non-hydrogen) atoms. The Labute approximate surface area is 147 Å². The van der Waals surface area contributed by atoms with Gasteiger partial charge >= 0.3 is 0 Å². The fourth-order valence-corrected chi connectivity index (χ4v) is 4.43. The minimum Gasteiger partial charge on any atom is -0.508 e. The second-order valence-electron chi connectivity index (χ2n) is 6.32. The fraction of sp³-hybridized carbons (Fsp3) is 0.333. The summed E-state index contributed by atoms with van der Waals surface area (Å²) in [5.74, 6) is 1.87. The summed E-state index contributed by atoms with van der Waals surface area (Å²) in [4.78, 5) is 1.45. The molecule has 0 bridgehead atoms. The Hall–Kier alpha value is -2.00. The van der Waals surface area contributed by atoms with Crippen molar-refractivity contribution in [3.63, 3.8) is 0 Å². The van der Waals surface area contributed by atoms with Crippen molar-refractivity contribution in [2.75, 3.05) is 7.11 Å². The summed E-state index contributed by atoms with van der Waals surface area (Å²) in [6.45, 7) is 4.22. The predicted octanol–water partition coefficient (Wildman–Crippen LogP) is 6.05. The molecule has 3 heteroatoms. The average molecular weight is 340 g/mol. The van der Waals surface area contributed by atoms with Gasteiger partial charge in [-0.05, 0) is 78.9 Å². The van der Waals surface area contributed by atoms with Gasteiger partial charge in [0.2, 0.25) is 0 Å². The Balaban J connectivity index is 1.76. The Bertz CT molecular complexity index is 835. The Morgan fingerprint density at radius 1 is 1.12 bits per heavy atom. The highest BCUT2D eigenvalue weighted by atomic mass is 32.1. The summed E-state index contributed by atoms with van der Waals surface area (Å²) >= 11 is 1.88. The quantitative estimate of drug-likeness (QED) is 0.592. The monoisotopic (exact) mass is 340 g/mol. The molecule has 0 saturated carbocycles. The van der Waals surface area contributed by atoms with Crippen LogP contribution in [-0.2, 0) is 6.42 Å². The maximum absolute atomic E-state index is 9.66. The number of hydrogen-bond acceptors (Lipinski definition) is 3. The molecule has 0 saturated heterocycles. The third-order valence-corrected chi connectivity index (χ3v) is 5.94. The number of aryl methyl sites for hydroxylation is 2. The number of ether oxygens (including phenoxy) is 1. The van der Waals surface area contributed by atoms with Gasteiger partial charge < -0.3 is 9.84 Å². The highest BCUT2D eigenvalue weighted by Gasteiger charge is 2.14. The first-order chi connectivity index (χ1) is 11.6. The summed E-state index contributed by atoms with van der Waals surface area (Å²) in [5.41, 5.74) is 2.25. The lowest BCUT2D eigenvalue weighted by Crippen LogP contribution is -1.98. The van der Waals surface area contributed by atoms with Gasteiger partial charge in [0.1, 0.15) is 11.5 Å². The fourth-order valence-electron chi connectivity index (χ4n) is 3.12. The number of thiophene rings is 1. The van der Waals surface area contributed by atoms with Crippen LogP contribution in [-0.4, -0.2) is 12.2 Å². The number of benzene rings is 2. The minimum atomic E-state index is 0.379. The van der Waals surface area contributed by atoms with Gasteiger partial charge in [-0.2, -0.15) is 0 Å². The van der Waals surface area contributed by atoms with Crippen molar-refractivity contribution >= 4 is 21.4 Å². The van der Waals surface area contributed by atoms with Crippen LogP contribution in [0, 0.1) is 6.92 Å². The maximum Gasteiger partial charge on any atom is 0.120 e. The van der Waals surface area contributed by atoms with Gasteiger partial charge in [0, 0.05) is 9.58 Å². The SMILES string of the molecule is CCC(CCc1ccc(O)c(C)c1)c1cc2ccc(OC)cc2s1. The molecule has 2 nitrogen and oxygen atoms in total. The summed E-state index contributed by atoms with van der Waals surface area (Å²) in [7, 11) is 1.71. The van der Waals surface area contributed by atoms with Crippen LogP contribution in [0.1, 0.15) is 41.7 Å². The van der Waals surface area contributed by atoms with Gasteiger partial charge in [-0.3, -0.25) is 0 Å². The van der Waals surface area contributed by atoms with Crippen molar-refractivity contribution in [2.24, 2.45) is 0 Å². The van der Waals surface area contributed by atoms with Crippen LogP contribution in [0.15, 0.2) is 42.5 Å². The lowest BCUT2D eigenvalue weighted by molar-refractivity contribution is 0.415. The van der Waals surface area contributed by atoms with Gasteiger partial charge in [0.05, 0.1) is 7.11 Å². The third kappa shape index (κ3) is 3.57. The normalized spacial score (nSPS) is 12.5. The molecule has 0 amide bonds. The molecule has 0 aliphatic heterocycles. The molecule has 3 rings (SSSR count). The van der Waals surface area contributed by atoms with E-state index in [1.54, 1.807) is 13.2 Å². The van der Waals surface area contributed by atoms with Crippen LogP contribution >= 0.6 is 11.3 Å². The van der Waals surface area contributed by atoms with E-state index in [9.17, 15) is 5.11 Å². The van der Waals surface area contributed by atoms with Crippen molar-refractivity contribution in [3.05, 3.63) is 58.5 Å². The molecule has 1 aromatic heterocycles. The van der Waals surface area contributed by atoms with Gasteiger partial charge in [-0.15, -0.1) is 11.3 Å². The molecule has 126 valence electrons. The molecule has 0 radical (unpaired) electrons. The zero-order valence-electron chi connectivity index (χ0n) is 14.5. The average Bonchev–Trinajstić information content (AvgIpc) is 3.01. The lowest BCUT2D eigenvalue weighted by atomic mass is 9.95. The number of rotatable bonds is 6. The Kier molecular flexibility index (Phi) is 5.10. The molecular weight excluding hydrogens is 316 g/mol. The first kappa shape index (κ1) is 16.8. The first-order valence-electron chi connectivity index (χ1n) is 8.46. The molecule has 0 aliphatic rings. The molecule has 1 atom stereocenters. The van der Waals surface area contributed by atoms with Gasteiger partial charge in [-0.1, -0.05) is 19.1 Å². The van der Waals surface area contributed by atoms with Crippen molar-refractivity contribution in [1.82, 2.24) is 0 Å². The van der Waals surface area contributed by atoms with E-state index in [4.69, 9.17) is 4.74 Å². The zero-order valence-corrected chi connectivity index (χ0v) is 15.3. The van der Waals surface area contributed by atoms with E-state index >= 15 is 0 Å². The number of fused-ring (bicyclic) bond motifs is 1. The molecule has 0 spiro atoms. The number of methoxy groups -OCH3 is 1. The maximum atomic E-state index is 9.66. The van der Waals surface area contributed by atoms with Gasteiger partial charge in [-0.25, -0.2) is 0 Å². The van der Waals surface area contributed by atoms with Crippen LogP contribution in [0.25, 0.3) is 10.1 Å². The summed E-state index contributed by atoms with van der Waals surface area (Å²) in [6.07, 6.45) is 3.31. The van der Waals surface area contributed by atoms with Crippen LogP contribution < -0.4 is 4.74 Å². The van der Waals surface area contributed by atoms with E-state index in [2.05, 4.69) is 31.2 Å². The number of phenols is 1. The summed E-state index contributed by atoms with van der Waals surface area (Å²) in [6, 6.07) is 14.6. The molecule has 2 aromatic carbocycles. The van der Waals surface area contributed by atoms with Gasteiger partial charge in [0.25, 0.3) is 0 Å². The zero-order chi connectivity index (χ0) is 17.1. The topological polar surface area (TPSA) is 29.5 Å². The van der Waals surface area contributed by atoms with E-state index in [1.807, 2.05) is 30.4 Å². The molecule has 1 heterocycles. The standard InChI is InChI=1S/C21H24O2S/c1-4-16(7-5-15-6-10-19(22)14(2)11-15)20-12-17-8-9-18(23-3)13-21(17)24-20/h6,8-13,16,22H,4-5,7H2,1-3H3. The first-order valence-corrected chi connectivity index (χ1v) is 9.28. The van der Waals surface area contributed by atoms with Crippen molar-refractivity contribution in [2.45, 2.75) is 39.0 Å². The van der Waals surface area contributed by atoms with Crippen LogP contribution in [0.2, 0.25) is 0 Å². The Morgan fingerprint density at radius 3 is 2.67 bits per heavy atom. The van der Waals surface area contributed by atoms with Crippen LogP contribution in [0.3, 0.4) is 0 Å². The van der Waals surface area contributed by atoms with Gasteiger partial charge in [0.15, 0.2) is 0 Å². The minimum absolute atomic E-state index is 0.379. The van der Waals surface area contributed by atoms with Crippen molar-refractivity contribution < 1.29 is 9.84 Å². The highest BCUT2D eigenvalue weighted by Crippen LogP contribution is 2.36. The second-order valence-corrected chi connectivity index (χ2v) is 7.43.